The minimum absolute atomic E-state index is 0.169. The molecule has 17 heavy (non-hydrogen) atoms. The predicted octanol–water partition coefficient (Wildman–Crippen LogP) is 3.35. The molecule has 0 aromatic heterocycles. The summed E-state index contributed by atoms with van der Waals surface area (Å²) in [6.07, 6.45) is 0.621. The molecular formula is C14H21NOS. The summed E-state index contributed by atoms with van der Waals surface area (Å²) in [5.41, 5.74) is 8.07. The van der Waals surface area contributed by atoms with Gasteiger partial charge in [-0.2, -0.15) is 0 Å². The van der Waals surface area contributed by atoms with Gasteiger partial charge in [-0.25, -0.2) is 0 Å². The van der Waals surface area contributed by atoms with E-state index < -0.39 is 0 Å². The number of nitrogens with two attached hydrogens (primary N) is 1. The van der Waals surface area contributed by atoms with E-state index in [2.05, 4.69) is 39.8 Å². The number of ether oxygens (including phenoxy) is 1. The monoisotopic (exact) mass is 251 g/mol. The molecule has 2 N–H and O–H groups in total. The van der Waals surface area contributed by atoms with Gasteiger partial charge in [-0.05, 0) is 29.5 Å². The first kappa shape index (κ1) is 14.0. The number of benzene rings is 1. The van der Waals surface area contributed by atoms with Gasteiger partial charge in [-0.3, -0.25) is 0 Å². The molecule has 94 valence electrons. The second kappa shape index (κ2) is 5.50. The maximum atomic E-state index is 5.65. The molecule has 1 aromatic carbocycles. The largest absolute Gasteiger partial charge is 0.493 e. The molecule has 1 aromatic rings. The van der Waals surface area contributed by atoms with Crippen molar-refractivity contribution in [3.8, 4) is 5.75 Å². The zero-order chi connectivity index (χ0) is 13.1. The molecule has 0 atom stereocenters. The molecule has 0 saturated carbocycles. The van der Waals surface area contributed by atoms with E-state index in [1.165, 1.54) is 5.56 Å². The highest BCUT2D eigenvalue weighted by atomic mass is 32.1. The third-order valence-electron chi connectivity index (χ3n) is 2.65. The zero-order valence-electron chi connectivity index (χ0n) is 11.0. The summed E-state index contributed by atoms with van der Waals surface area (Å²) in [5.74, 6) is 0.911. The van der Waals surface area contributed by atoms with E-state index in [9.17, 15) is 0 Å². The van der Waals surface area contributed by atoms with E-state index in [0.29, 0.717) is 18.0 Å². The fraction of sp³-hybridized carbons (Fsp3) is 0.500. The van der Waals surface area contributed by atoms with E-state index in [0.717, 1.165) is 11.3 Å². The molecule has 0 spiro atoms. The molecule has 0 bridgehead atoms. The van der Waals surface area contributed by atoms with Crippen molar-refractivity contribution in [2.24, 2.45) is 5.73 Å². The Labute approximate surface area is 109 Å². The molecule has 0 heterocycles. The Morgan fingerprint density at radius 3 is 2.47 bits per heavy atom. The number of aryl methyl sites for hydroxylation is 1. The number of hydrogen-bond donors (Lipinski definition) is 1. The van der Waals surface area contributed by atoms with Crippen molar-refractivity contribution in [3.05, 3.63) is 29.3 Å². The van der Waals surface area contributed by atoms with E-state index in [1.54, 1.807) is 0 Å². The van der Waals surface area contributed by atoms with Crippen LogP contribution < -0.4 is 10.5 Å². The van der Waals surface area contributed by atoms with Crippen molar-refractivity contribution in [3.63, 3.8) is 0 Å². The highest BCUT2D eigenvalue weighted by Crippen LogP contribution is 2.27. The molecule has 0 aliphatic carbocycles. The Balaban J connectivity index is 2.73. The fourth-order valence-electron chi connectivity index (χ4n) is 1.54. The van der Waals surface area contributed by atoms with Crippen molar-refractivity contribution in [1.29, 1.82) is 0 Å². The minimum Gasteiger partial charge on any atom is -0.493 e. The van der Waals surface area contributed by atoms with Gasteiger partial charge in [-0.15, -0.1) is 0 Å². The Morgan fingerprint density at radius 1 is 1.35 bits per heavy atom. The Morgan fingerprint density at radius 2 is 2.00 bits per heavy atom. The quantitative estimate of drug-likeness (QED) is 0.834. The first-order chi connectivity index (χ1) is 7.80. The Kier molecular flexibility index (Phi) is 4.52. The third kappa shape index (κ3) is 4.35. The third-order valence-corrected chi connectivity index (χ3v) is 2.85. The van der Waals surface area contributed by atoms with Crippen LogP contribution in [-0.4, -0.2) is 11.6 Å². The SMILES string of the molecule is Cc1cc(C(C)(C)C)ccc1OCCC(N)=S. The van der Waals surface area contributed by atoms with Crippen molar-refractivity contribution < 1.29 is 4.74 Å². The molecule has 0 amide bonds. The van der Waals surface area contributed by atoms with Crippen LogP contribution in [0.2, 0.25) is 0 Å². The van der Waals surface area contributed by atoms with Gasteiger partial charge >= 0.3 is 0 Å². The number of rotatable bonds is 4. The summed E-state index contributed by atoms with van der Waals surface area (Å²) >= 11 is 4.81. The molecule has 0 saturated heterocycles. The summed E-state index contributed by atoms with van der Waals surface area (Å²) in [5, 5.41) is 0. The average Bonchev–Trinajstić information content (AvgIpc) is 2.18. The normalized spacial score (nSPS) is 11.3. The first-order valence-electron chi connectivity index (χ1n) is 5.83. The van der Waals surface area contributed by atoms with Crippen molar-refractivity contribution >= 4 is 17.2 Å². The molecule has 0 unspecified atom stereocenters. The molecule has 0 aliphatic heterocycles. The van der Waals surface area contributed by atoms with Crippen molar-refractivity contribution in [2.45, 2.75) is 39.5 Å². The lowest BCUT2D eigenvalue weighted by molar-refractivity contribution is 0.327. The van der Waals surface area contributed by atoms with Crippen LogP contribution in [0, 0.1) is 6.92 Å². The highest BCUT2D eigenvalue weighted by Gasteiger charge is 2.14. The molecule has 0 fully saturated rings. The van der Waals surface area contributed by atoms with E-state index >= 15 is 0 Å². The molecule has 2 nitrogen and oxygen atoms in total. The average molecular weight is 251 g/mol. The summed E-state index contributed by atoms with van der Waals surface area (Å²) in [6.45, 7) is 9.22. The predicted molar refractivity (Wildman–Crippen MR) is 76.8 cm³/mol. The maximum absolute atomic E-state index is 5.65. The van der Waals surface area contributed by atoms with Gasteiger partial charge in [0.2, 0.25) is 0 Å². The van der Waals surface area contributed by atoms with Gasteiger partial charge in [0.05, 0.1) is 11.6 Å². The number of hydrogen-bond acceptors (Lipinski definition) is 2. The van der Waals surface area contributed by atoms with Gasteiger partial charge in [-0.1, -0.05) is 45.1 Å². The van der Waals surface area contributed by atoms with Gasteiger partial charge in [0.25, 0.3) is 0 Å². The highest BCUT2D eigenvalue weighted by molar-refractivity contribution is 7.80. The molecule has 0 aliphatic rings. The molecule has 3 heteroatoms. The van der Waals surface area contributed by atoms with Crippen LogP contribution in [0.1, 0.15) is 38.3 Å². The van der Waals surface area contributed by atoms with Crippen LogP contribution in [0.5, 0.6) is 5.75 Å². The lowest BCUT2D eigenvalue weighted by Gasteiger charge is -2.20. The van der Waals surface area contributed by atoms with E-state index in [4.69, 9.17) is 22.7 Å². The van der Waals surface area contributed by atoms with Crippen LogP contribution in [0.15, 0.2) is 18.2 Å². The van der Waals surface area contributed by atoms with Gasteiger partial charge in [0, 0.05) is 6.42 Å². The summed E-state index contributed by atoms with van der Waals surface area (Å²) in [7, 11) is 0. The topological polar surface area (TPSA) is 35.2 Å². The minimum atomic E-state index is 0.169. The lowest BCUT2D eigenvalue weighted by Crippen LogP contribution is -2.13. The Bertz CT molecular complexity index is 407. The van der Waals surface area contributed by atoms with Crippen LogP contribution in [0.4, 0.5) is 0 Å². The summed E-state index contributed by atoms with van der Waals surface area (Å²) in [4.78, 5) is 0.494. The second-order valence-corrected chi connectivity index (χ2v) is 5.82. The lowest BCUT2D eigenvalue weighted by atomic mass is 9.86. The molecular weight excluding hydrogens is 230 g/mol. The van der Waals surface area contributed by atoms with Crippen LogP contribution >= 0.6 is 12.2 Å². The van der Waals surface area contributed by atoms with Gasteiger partial charge in [0.1, 0.15) is 5.75 Å². The van der Waals surface area contributed by atoms with Crippen LogP contribution in [0.3, 0.4) is 0 Å². The number of thiocarbonyl (C=S) groups is 1. The first-order valence-corrected chi connectivity index (χ1v) is 6.24. The van der Waals surface area contributed by atoms with Crippen LogP contribution in [-0.2, 0) is 5.41 Å². The fourth-order valence-corrected chi connectivity index (χ4v) is 1.62. The molecule has 0 radical (unpaired) electrons. The van der Waals surface area contributed by atoms with E-state index in [-0.39, 0.29) is 5.41 Å². The smallest absolute Gasteiger partial charge is 0.122 e. The second-order valence-electron chi connectivity index (χ2n) is 5.30. The van der Waals surface area contributed by atoms with Gasteiger partial charge < -0.3 is 10.5 Å². The van der Waals surface area contributed by atoms with E-state index in [1.807, 2.05) is 6.07 Å². The van der Waals surface area contributed by atoms with Crippen molar-refractivity contribution in [2.75, 3.05) is 6.61 Å². The zero-order valence-corrected chi connectivity index (χ0v) is 11.9. The summed E-state index contributed by atoms with van der Waals surface area (Å²) in [6, 6.07) is 6.31. The molecule has 1 rings (SSSR count). The Hall–Kier alpha value is -1.09. The van der Waals surface area contributed by atoms with Crippen LogP contribution in [0.25, 0.3) is 0 Å². The summed E-state index contributed by atoms with van der Waals surface area (Å²) < 4.78 is 5.65. The van der Waals surface area contributed by atoms with Crippen molar-refractivity contribution in [1.82, 2.24) is 0 Å². The maximum Gasteiger partial charge on any atom is 0.122 e. The van der Waals surface area contributed by atoms with Gasteiger partial charge in [0.15, 0.2) is 0 Å². The standard InChI is InChI=1S/C14H21NOS/c1-10-9-11(14(2,3)4)5-6-12(10)16-8-7-13(15)17/h5-6,9H,7-8H2,1-4H3,(H2,15,17).